The lowest BCUT2D eigenvalue weighted by atomic mass is 9.86. The van der Waals surface area contributed by atoms with E-state index in [1.165, 1.54) is 0 Å². The van der Waals surface area contributed by atoms with Gasteiger partial charge < -0.3 is 281 Å². The number of aliphatic hydroxyl groups is 28. The molecule has 50 atom stereocenters. The van der Waals surface area contributed by atoms with Crippen LogP contribution in [0.2, 0.25) is 0 Å². The molecule has 67 nitrogen and oxygen atoms in total. The third-order valence-corrected chi connectivity index (χ3v) is 26.1. The lowest BCUT2D eigenvalue weighted by Gasteiger charge is -2.53. The van der Waals surface area contributed by atoms with E-state index >= 15 is 0 Å². The molecule has 148 heavy (non-hydrogen) atoms. The molecule has 850 valence electrons. The molecule has 0 aromatic heterocycles. The number of nitrogens with one attached hydrogen (secondary N) is 6. The molecule has 0 radical (unpaired) electrons. The second kappa shape index (κ2) is 51.6. The highest BCUT2D eigenvalue weighted by atomic mass is 16.8. The van der Waals surface area contributed by atoms with Gasteiger partial charge in [-0.05, 0) is 0 Å². The van der Waals surface area contributed by atoms with Crippen molar-refractivity contribution < 1.29 is 302 Å². The van der Waals surface area contributed by atoms with E-state index in [0.717, 1.165) is 41.5 Å². The van der Waals surface area contributed by atoms with E-state index in [1.54, 1.807) is 0 Å². The first-order valence-corrected chi connectivity index (χ1v) is 45.8. The van der Waals surface area contributed by atoms with Crippen LogP contribution in [0.3, 0.4) is 0 Å². The zero-order chi connectivity index (χ0) is 111. The first kappa shape index (κ1) is 124. The highest BCUT2D eigenvalue weighted by Gasteiger charge is 2.69. The molecule has 9 saturated heterocycles. The molecule has 0 saturated carbocycles. The molecular formula is C81H130N6O61. The van der Waals surface area contributed by atoms with Gasteiger partial charge in [0.2, 0.25) is 35.4 Å². The summed E-state index contributed by atoms with van der Waals surface area (Å²) in [5.41, 5.74) is 0. The number of carbonyl (C=O) groups excluding carboxylic acids is 6. The van der Waals surface area contributed by atoms with Crippen LogP contribution in [-0.2, 0) is 133 Å². The minimum Gasteiger partial charge on any atom is -0.477 e. The van der Waals surface area contributed by atoms with Crippen LogP contribution in [-0.4, -0.2) is 597 Å². The summed E-state index contributed by atoms with van der Waals surface area (Å²) in [4.78, 5) is 147. The number of carbonyl (C=O) groups is 11. The maximum Gasteiger partial charge on any atom is 0.364 e. The third-order valence-electron chi connectivity index (χ3n) is 26.1. The van der Waals surface area contributed by atoms with E-state index in [0.29, 0.717) is 0 Å². The first-order valence-electron chi connectivity index (χ1n) is 45.8. The van der Waals surface area contributed by atoms with Gasteiger partial charge in [0.15, 0.2) is 25.2 Å². The Labute approximate surface area is 833 Å². The number of ether oxygens (including phenoxy) is 17. The number of rotatable bonds is 46. The fraction of sp³-hybridized carbons (Fsp3) is 0.864. The molecule has 0 bridgehead atoms. The maximum absolute atomic E-state index is 14.4. The molecule has 9 fully saturated rings. The Kier molecular flexibility index (Phi) is 43.2. The van der Waals surface area contributed by atoms with Gasteiger partial charge in [0.05, 0.1) is 120 Å². The summed E-state index contributed by atoms with van der Waals surface area (Å²) in [5, 5.41) is 387. The van der Waals surface area contributed by atoms with Crippen molar-refractivity contribution in [1.29, 1.82) is 0 Å². The molecule has 39 N–H and O–H groups in total. The summed E-state index contributed by atoms with van der Waals surface area (Å²) < 4.78 is 99.3. The molecule has 0 unspecified atom stereocenters. The van der Waals surface area contributed by atoms with Crippen molar-refractivity contribution in [1.82, 2.24) is 31.9 Å². The fourth-order valence-corrected chi connectivity index (χ4v) is 18.9. The van der Waals surface area contributed by atoms with Gasteiger partial charge in [-0.3, -0.25) is 28.8 Å². The topological polar surface area (TPSA) is 1080 Å². The van der Waals surface area contributed by atoms with Crippen molar-refractivity contribution in [3.8, 4) is 0 Å². The molecule has 9 heterocycles. The number of aliphatic hydroxyl groups excluding tert-OH is 28. The van der Waals surface area contributed by atoms with Crippen LogP contribution in [0.1, 0.15) is 73.6 Å². The number of carboxylic acid groups (broad SMARTS) is 5. The van der Waals surface area contributed by atoms with Gasteiger partial charge in [-0.15, -0.1) is 0 Å². The van der Waals surface area contributed by atoms with E-state index in [9.17, 15) is 221 Å². The Morgan fingerprint density at radius 3 is 0.824 bits per heavy atom. The highest BCUT2D eigenvalue weighted by Crippen LogP contribution is 2.47. The summed E-state index contributed by atoms with van der Waals surface area (Å²) in [5.74, 6) is -37.0. The quantitative estimate of drug-likeness (QED) is 0.0269. The van der Waals surface area contributed by atoms with Crippen molar-refractivity contribution in [2.45, 2.75) is 378 Å². The van der Waals surface area contributed by atoms with Crippen molar-refractivity contribution in [2.24, 2.45) is 0 Å². The summed E-state index contributed by atoms with van der Waals surface area (Å²) in [7, 11) is 0. The summed E-state index contributed by atoms with van der Waals surface area (Å²) >= 11 is 0. The predicted octanol–water partition coefficient (Wildman–Crippen LogP) is -23.7. The smallest absolute Gasteiger partial charge is 0.364 e. The molecule has 67 heteroatoms. The average Bonchev–Trinajstić information content (AvgIpc) is 0.741. The van der Waals surface area contributed by atoms with E-state index < -0.39 is 461 Å². The Morgan fingerprint density at radius 1 is 0.277 bits per heavy atom. The first-order chi connectivity index (χ1) is 69.2. The molecule has 9 aliphatic rings. The van der Waals surface area contributed by atoms with Gasteiger partial charge in [-0.2, -0.15) is 0 Å². The Bertz CT molecular complexity index is 4450. The van der Waals surface area contributed by atoms with Crippen molar-refractivity contribution >= 4 is 65.3 Å². The van der Waals surface area contributed by atoms with Crippen LogP contribution in [0.5, 0.6) is 0 Å². The van der Waals surface area contributed by atoms with E-state index in [2.05, 4.69) is 31.9 Å². The van der Waals surface area contributed by atoms with Crippen LogP contribution >= 0.6 is 0 Å². The zero-order valence-corrected chi connectivity index (χ0v) is 79.1. The number of amides is 6. The number of carboxylic acids is 5. The second-order valence-electron chi connectivity index (χ2n) is 36.7. The zero-order valence-electron chi connectivity index (χ0n) is 79.1. The van der Waals surface area contributed by atoms with Crippen molar-refractivity contribution in [3.05, 3.63) is 0 Å². The second-order valence-corrected chi connectivity index (χ2v) is 36.7. The third kappa shape index (κ3) is 26.9. The van der Waals surface area contributed by atoms with Crippen LogP contribution < -0.4 is 31.9 Å². The van der Waals surface area contributed by atoms with Gasteiger partial charge in [-0.25, -0.2) is 24.0 Å². The highest BCUT2D eigenvalue weighted by molar-refractivity contribution is 5.80. The number of hydrogen-bond acceptors (Lipinski definition) is 56. The average molecular weight is 2160 g/mol. The molecule has 0 aromatic carbocycles. The monoisotopic (exact) mass is 2160 g/mol. The SMILES string of the molecule is CC(=O)N[C@H]1[C@H](O[C@@H]2[C@H](O[C@]3(C(=O)O)C[C@H](O)[C@@H](NC(C)=O)[C@H]([C@H](O)[C@@H](CO)O[C@]4(C(=O)O)C[C@H](O)[C@@H](NC(C)=O)[C@H]([C@H](O)[C@H](O)CO)O4)O3)[C@@H](O)[C@H](O[C@H]3[C@H](O)[C@@H](O)[C@H](O)O[C@@H]3CO)O[C@@H]2CO)O[C@H](CO)[C@H](O)[C@@H]1O[C@@H]1O[C@H](CO)[C@H](O)[C@H](O[C@]2(C(=O)O)C[C@H](O)[C@@H](NC(C)=O)[C@H]([C@H](O)[C@@H](CO)O[C@]3(C(=O)O)C[C@H](O)[C@@H](NC(C)=O)[C@H]([C@H](O)[C@@H](CO)O[C@]4(C(=O)O)C[C@H](O)[C@@H](NC(C)=O)[C@H]([C@H](O)[C@H](O)CO)O4)O3)O2)[C@H]1O. The van der Waals surface area contributed by atoms with Crippen LogP contribution in [0, 0.1) is 0 Å². The standard InChI is InChI=1S/C81H130N6O61/c1-21(97)82-41-27(103)7-77(72(122)123,142-61(41)47(110)32(108)12-88)139-36(16-92)51(114)63-43(84-23(3)99)29(105)9-79(144-63,74(126)127)141-38(18-94)52(115)64-44(85-24(4)100)30(106)10-80(145-64,75(128)129)147-66-50(113)35(15-91)134-70(56(66)119)138-60-46(87-26(6)102)69(133-34(14-90)49(60)112)137-59-40(20-96)135-71(136-58-39(19-95)132-68(121)55(118)54(58)117)57(120)67(59)148-81(76(130)131)11-31(107)45(86-25(5)101)65(146-81)53(116)37(17-93)140-78(73(124)125)8-28(104)42(83-22(2)98)62(143-78)48(111)33(109)13-89/h27-71,88-96,103-121H,7-20H2,1-6H3,(H,82,97)(H,83,98)(H,84,99)(H,85,100)(H,86,101)(H,87,102)(H,122,123)(H,124,125)(H,126,127)(H,128,129)(H,130,131)/t27-,28-,29-,30-,31-,32+,33+,34+,35+,36+,37+,38+,39+,40+,41+,42+,43+,44+,45+,46+,47+,48+,49-,50-,51+,52+,53+,54+,55+,56+,57+,58+,59-,60+,61+,62+,63+,64+,65+,66-,67+,68+,69-,70-,71-,77+,78+,79+,80-,81-/m0/s1. The van der Waals surface area contributed by atoms with E-state index in [4.69, 9.17) is 80.5 Å². The lowest BCUT2D eigenvalue weighted by Crippen LogP contribution is -2.73. The van der Waals surface area contributed by atoms with Gasteiger partial charge >= 0.3 is 29.8 Å². The van der Waals surface area contributed by atoms with Crippen molar-refractivity contribution in [2.75, 3.05) is 59.5 Å². The van der Waals surface area contributed by atoms with Gasteiger partial charge in [0, 0.05) is 73.6 Å². The van der Waals surface area contributed by atoms with Gasteiger partial charge in [0.25, 0.3) is 28.9 Å². The van der Waals surface area contributed by atoms with Gasteiger partial charge in [-0.1, -0.05) is 0 Å². The molecule has 9 aliphatic heterocycles. The van der Waals surface area contributed by atoms with Crippen LogP contribution in [0.15, 0.2) is 0 Å². The lowest BCUT2D eigenvalue weighted by molar-refractivity contribution is -0.405. The number of hydrogen-bond donors (Lipinski definition) is 39. The molecule has 0 aliphatic carbocycles. The summed E-state index contributed by atoms with van der Waals surface area (Å²) in [6.07, 6.45) is -107. The predicted molar refractivity (Wildman–Crippen MR) is 453 cm³/mol. The van der Waals surface area contributed by atoms with Crippen LogP contribution in [0.4, 0.5) is 0 Å². The fourth-order valence-electron chi connectivity index (χ4n) is 18.9. The molecular weight excluding hydrogens is 2030 g/mol. The summed E-state index contributed by atoms with van der Waals surface area (Å²) in [6.45, 7) is -8.65. The molecule has 0 aromatic rings. The molecule has 9 rings (SSSR count). The largest absolute Gasteiger partial charge is 0.477 e. The van der Waals surface area contributed by atoms with E-state index in [1.807, 2.05) is 0 Å². The molecule has 0 spiro atoms. The van der Waals surface area contributed by atoms with Gasteiger partial charge in [0.1, 0.15) is 189 Å². The van der Waals surface area contributed by atoms with E-state index in [-0.39, 0.29) is 0 Å². The number of aliphatic carboxylic acids is 5. The Hall–Kier alpha value is -7.63. The van der Waals surface area contributed by atoms with Crippen LogP contribution in [0.25, 0.3) is 0 Å². The minimum atomic E-state index is -3.86. The maximum atomic E-state index is 14.4. The minimum absolute atomic E-state index is 0.729. The normalized spacial score (nSPS) is 41.9. The summed E-state index contributed by atoms with van der Waals surface area (Å²) in [6, 6.07) is -12.8. The Balaban J connectivity index is 1.07. The Morgan fingerprint density at radius 2 is 0.527 bits per heavy atom. The molecule has 6 amide bonds. The van der Waals surface area contributed by atoms with Crippen molar-refractivity contribution in [3.63, 3.8) is 0 Å².